The third-order valence-corrected chi connectivity index (χ3v) is 2.59. The number of nitrogens with one attached hydrogen (secondary N) is 1. The third kappa shape index (κ3) is 5.50. The van der Waals surface area contributed by atoms with E-state index in [9.17, 15) is 4.79 Å². The Balaban J connectivity index is 2.47. The summed E-state index contributed by atoms with van der Waals surface area (Å²) in [5.41, 5.74) is 12.6. The number of ether oxygens (including phenoxy) is 1. The molecular weight excluding hydrogens is 242 g/mol. The van der Waals surface area contributed by atoms with E-state index in [-0.39, 0.29) is 12.0 Å². The minimum Gasteiger partial charge on any atom is -0.489 e. The van der Waals surface area contributed by atoms with Gasteiger partial charge in [0, 0.05) is 13.0 Å². The van der Waals surface area contributed by atoms with Crippen LogP contribution in [0.2, 0.25) is 0 Å². The number of carbonyl (C=O) groups excluding carboxylic acids is 1. The van der Waals surface area contributed by atoms with Crippen LogP contribution in [0.1, 0.15) is 33.1 Å². The molecule has 5 N–H and O–H groups in total. The Morgan fingerprint density at radius 2 is 2.11 bits per heavy atom. The van der Waals surface area contributed by atoms with Gasteiger partial charge in [-0.15, -0.1) is 0 Å². The van der Waals surface area contributed by atoms with Gasteiger partial charge in [-0.25, -0.2) is 0 Å². The van der Waals surface area contributed by atoms with Crippen LogP contribution >= 0.6 is 0 Å². The molecular formula is C14H23N3O2. The van der Waals surface area contributed by atoms with Crippen LogP contribution in [-0.4, -0.2) is 18.6 Å². The molecule has 0 spiro atoms. The van der Waals surface area contributed by atoms with Gasteiger partial charge >= 0.3 is 0 Å². The molecule has 0 aliphatic heterocycles. The Labute approximate surface area is 114 Å². The van der Waals surface area contributed by atoms with Crippen molar-refractivity contribution < 1.29 is 9.53 Å². The molecule has 106 valence electrons. The highest BCUT2D eigenvalue weighted by molar-refractivity contribution is 5.74. The highest BCUT2D eigenvalue weighted by Crippen LogP contribution is 2.30. The fourth-order valence-electron chi connectivity index (χ4n) is 1.70. The number of hydrogen-bond acceptors (Lipinski definition) is 4. The Morgan fingerprint density at radius 1 is 1.37 bits per heavy atom. The summed E-state index contributed by atoms with van der Waals surface area (Å²) in [5.74, 6) is 0.434. The molecule has 0 atom stereocenters. The number of para-hydroxylation sites is 1. The molecule has 1 aromatic carbocycles. The standard InChI is InChI=1S/C14H23N3O2/c1-10(2)19-12-7-5-6-11(14(12)16)17-9-4-3-8-13(15)18/h5-7,10,17H,3-4,8-9,16H2,1-2H3,(H2,15,18). The molecule has 0 bridgehead atoms. The average Bonchev–Trinajstić information content (AvgIpc) is 2.32. The quantitative estimate of drug-likeness (QED) is 0.496. The summed E-state index contributed by atoms with van der Waals surface area (Å²) >= 11 is 0. The maximum absolute atomic E-state index is 10.6. The van der Waals surface area contributed by atoms with Gasteiger partial charge < -0.3 is 21.5 Å². The first-order valence-electron chi connectivity index (χ1n) is 6.58. The van der Waals surface area contributed by atoms with Crippen LogP contribution in [0.25, 0.3) is 0 Å². The normalized spacial score (nSPS) is 10.5. The van der Waals surface area contributed by atoms with Crippen molar-refractivity contribution in [1.29, 1.82) is 0 Å². The zero-order chi connectivity index (χ0) is 14.3. The Hall–Kier alpha value is -1.91. The molecule has 0 aromatic heterocycles. The second-order valence-corrected chi connectivity index (χ2v) is 4.73. The number of amides is 1. The second kappa shape index (κ2) is 7.51. The largest absolute Gasteiger partial charge is 0.489 e. The van der Waals surface area contributed by atoms with Crippen LogP contribution in [-0.2, 0) is 4.79 Å². The van der Waals surface area contributed by atoms with Crippen LogP contribution < -0.4 is 21.5 Å². The van der Waals surface area contributed by atoms with Crippen LogP contribution in [0.5, 0.6) is 5.75 Å². The smallest absolute Gasteiger partial charge is 0.217 e. The molecule has 0 saturated heterocycles. The molecule has 19 heavy (non-hydrogen) atoms. The molecule has 0 unspecified atom stereocenters. The van der Waals surface area contributed by atoms with Gasteiger partial charge in [-0.2, -0.15) is 0 Å². The first-order valence-corrected chi connectivity index (χ1v) is 6.58. The van der Waals surface area contributed by atoms with E-state index in [4.69, 9.17) is 16.2 Å². The van der Waals surface area contributed by atoms with E-state index < -0.39 is 0 Å². The van der Waals surface area contributed by atoms with Crippen molar-refractivity contribution in [2.45, 2.75) is 39.2 Å². The van der Waals surface area contributed by atoms with Crippen molar-refractivity contribution in [3.8, 4) is 5.75 Å². The number of unbranched alkanes of at least 4 members (excludes halogenated alkanes) is 1. The number of benzene rings is 1. The zero-order valence-electron chi connectivity index (χ0n) is 11.6. The lowest BCUT2D eigenvalue weighted by Gasteiger charge is -2.15. The highest BCUT2D eigenvalue weighted by atomic mass is 16.5. The Kier molecular flexibility index (Phi) is 5.99. The minimum absolute atomic E-state index is 0.0908. The number of hydrogen-bond donors (Lipinski definition) is 3. The topological polar surface area (TPSA) is 90.4 Å². The van der Waals surface area contributed by atoms with Crippen molar-refractivity contribution in [2.24, 2.45) is 5.73 Å². The summed E-state index contributed by atoms with van der Waals surface area (Å²) in [6.45, 7) is 4.68. The number of primary amides is 1. The molecule has 0 heterocycles. The van der Waals surface area contributed by atoms with Crippen molar-refractivity contribution >= 4 is 17.3 Å². The van der Waals surface area contributed by atoms with E-state index in [0.29, 0.717) is 17.9 Å². The fourth-order valence-corrected chi connectivity index (χ4v) is 1.70. The van der Waals surface area contributed by atoms with Crippen LogP contribution in [0.3, 0.4) is 0 Å². The van der Waals surface area contributed by atoms with E-state index in [1.807, 2.05) is 32.0 Å². The first-order chi connectivity index (χ1) is 9.00. The minimum atomic E-state index is -0.258. The SMILES string of the molecule is CC(C)Oc1cccc(NCCCCC(N)=O)c1N. The van der Waals surface area contributed by atoms with Crippen LogP contribution in [0.15, 0.2) is 18.2 Å². The summed E-state index contributed by atoms with van der Waals surface area (Å²) in [4.78, 5) is 10.6. The monoisotopic (exact) mass is 265 g/mol. The number of anilines is 2. The summed E-state index contributed by atoms with van der Waals surface area (Å²) in [6, 6.07) is 5.67. The number of carbonyl (C=O) groups is 1. The van der Waals surface area contributed by atoms with Crippen LogP contribution in [0, 0.1) is 0 Å². The lowest BCUT2D eigenvalue weighted by molar-refractivity contribution is -0.118. The Bertz CT molecular complexity index is 419. The summed E-state index contributed by atoms with van der Waals surface area (Å²) in [5, 5.41) is 3.24. The van der Waals surface area contributed by atoms with Crippen LogP contribution in [0.4, 0.5) is 11.4 Å². The third-order valence-electron chi connectivity index (χ3n) is 2.59. The maximum Gasteiger partial charge on any atom is 0.217 e. The van der Waals surface area contributed by atoms with Gasteiger partial charge in [-0.3, -0.25) is 4.79 Å². The van der Waals surface area contributed by atoms with Gasteiger partial charge in [-0.1, -0.05) is 6.07 Å². The van der Waals surface area contributed by atoms with Gasteiger partial charge in [-0.05, 0) is 38.8 Å². The number of rotatable bonds is 8. The highest BCUT2D eigenvalue weighted by Gasteiger charge is 2.07. The molecule has 5 heteroatoms. The molecule has 0 fully saturated rings. The van der Waals surface area contributed by atoms with Gasteiger partial charge in [0.25, 0.3) is 0 Å². The lowest BCUT2D eigenvalue weighted by Crippen LogP contribution is -2.12. The predicted octanol–water partition coefficient (Wildman–Crippen LogP) is 2.12. The maximum atomic E-state index is 10.6. The van der Waals surface area contributed by atoms with Gasteiger partial charge in [0.2, 0.25) is 5.91 Å². The molecule has 0 aliphatic rings. The van der Waals surface area contributed by atoms with E-state index in [0.717, 1.165) is 25.1 Å². The fraction of sp³-hybridized carbons (Fsp3) is 0.500. The lowest BCUT2D eigenvalue weighted by atomic mass is 10.2. The number of nitrogen functional groups attached to an aromatic ring is 1. The van der Waals surface area contributed by atoms with Gasteiger partial charge in [0.1, 0.15) is 5.75 Å². The van der Waals surface area contributed by atoms with E-state index in [2.05, 4.69) is 5.32 Å². The van der Waals surface area contributed by atoms with Crippen molar-refractivity contribution in [1.82, 2.24) is 0 Å². The molecule has 0 aliphatic carbocycles. The van der Waals surface area contributed by atoms with E-state index in [1.54, 1.807) is 0 Å². The van der Waals surface area contributed by atoms with Crippen molar-refractivity contribution in [3.63, 3.8) is 0 Å². The molecule has 5 nitrogen and oxygen atoms in total. The Morgan fingerprint density at radius 3 is 2.74 bits per heavy atom. The summed E-state index contributed by atoms with van der Waals surface area (Å²) in [7, 11) is 0. The van der Waals surface area contributed by atoms with Gasteiger partial charge in [0.05, 0.1) is 17.5 Å². The molecule has 1 aromatic rings. The summed E-state index contributed by atoms with van der Waals surface area (Å²) < 4.78 is 5.62. The molecule has 0 saturated carbocycles. The molecule has 1 amide bonds. The first kappa shape index (κ1) is 15.1. The van der Waals surface area contributed by atoms with Crippen molar-refractivity contribution in [2.75, 3.05) is 17.6 Å². The summed E-state index contributed by atoms with van der Waals surface area (Å²) in [6.07, 6.45) is 2.17. The van der Waals surface area contributed by atoms with E-state index >= 15 is 0 Å². The van der Waals surface area contributed by atoms with Crippen molar-refractivity contribution in [3.05, 3.63) is 18.2 Å². The zero-order valence-corrected chi connectivity index (χ0v) is 11.6. The van der Waals surface area contributed by atoms with Gasteiger partial charge in [0.15, 0.2) is 0 Å². The number of nitrogens with two attached hydrogens (primary N) is 2. The second-order valence-electron chi connectivity index (χ2n) is 4.73. The molecule has 0 radical (unpaired) electrons. The van der Waals surface area contributed by atoms with E-state index in [1.165, 1.54) is 0 Å². The predicted molar refractivity (Wildman–Crippen MR) is 78.2 cm³/mol. The average molecular weight is 265 g/mol. The molecule has 1 rings (SSSR count).